The molecule has 1 amide bonds. The van der Waals surface area contributed by atoms with E-state index in [1.54, 1.807) is 0 Å². The number of nitrogens with one attached hydrogen (secondary N) is 3. The maximum atomic E-state index is 12.9. The smallest absolute Gasteiger partial charge is 0.229 e. The Morgan fingerprint density at radius 1 is 1.12 bits per heavy atom. The zero-order valence-electron chi connectivity index (χ0n) is 15.0. The number of fused-ring (bicyclic) bond motifs is 1. The minimum Gasteiger partial charge on any atom is -0.353 e. The molecule has 0 atom stereocenters. The van der Waals surface area contributed by atoms with Gasteiger partial charge in [0.05, 0.1) is 5.41 Å². The van der Waals surface area contributed by atoms with E-state index in [0.29, 0.717) is 12.0 Å². The molecular weight excluding hydrogens is 312 g/mol. The summed E-state index contributed by atoms with van der Waals surface area (Å²) < 4.78 is 0. The quantitative estimate of drug-likeness (QED) is 0.734. The number of carbonyl (C=O) groups is 1. The van der Waals surface area contributed by atoms with Crippen molar-refractivity contribution in [2.45, 2.75) is 25.3 Å². The Morgan fingerprint density at radius 2 is 1.80 bits per heavy atom. The lowest BCUT2D eigenvalue weighted by atomic mass is 9.79. The molecule has 0 saturated carbocycles. The van der Waals surface area contributed by atoms with Crippen LogP contribution in [-0.2, 0) is 11.2 Å². The molecule has 1 aromatic rings. The lowest BCUT2D eigenvalue weighted by Gasteiger charge is -2.35. The van der Waals surface area contributed by atoms with Crippen LogP contribution in [0.2, 0.25) is 0 Å². The predicted molar refractivity (Wildman–Crippen MR) is 99.4 cm³/mol. The van der Waals surface area contributed by atoms with E-state index in [4.69, 9.17) is 0 Å². The fourth-order valence-corrected chi connectivity index (χ4v) is 4.66. The Balaban J connectivity index is 1.23. The molecule has 3 aliphatic rings. The molecule has 1 aromatic carbocycles. The summed E-state index contributed by atoms with van der Waals surface area (Å²) in [6.07, 6.45) is 3.25. The fourth-order valence-electron chi connectivity index (χ4n) is 4.66. The first-order valence-electron chi connectivity index (χ1n) is 9.75. The predicted octanol–water partition coefficient (Wildman–Crippen LogP) is 0.619. The zero-order valence-corrected chi connectivity index (χ0v) is 15.0. The van der Waals surface area contributed by atoms with Crippen LogP contribution in [0.1, 0.15) is 18.4 Å². The van der Waals surface area contributed by atoms with Gasteiger partial charge in [-0.1, -0.05) is 30.3 Å². The van der Waals surface area contributed by atoms with Crippen molar-refractivity contribution in [2.75, 3.05) is 45.8 Å². The maximum absolute atomic E-state index is 12.9. The average Bonchev–Trinajstić information content (AvgIpc) is 3.23. The molecular formula is C20H30N4O. The first-order valence-corrected chi connectivity index (χ1v) is 9.75. The number of benzene rings is 1. The second-order valence-corrected chi connectivity index (χ2v) is 7.94. The van der Waals surface area contributed by atoms with Crippen molar-refractivity contribution in [1.29, 1.82) is 0 Å². The Bertz CT molecular complexity index is 573. The van der Waals surface area contributed by atoms with Gasteiger partial charge in [-0.05, 0) is 24.8 Å². The molecule has 3 fully saturated rings. The molecule has 3 saturated heterocycles. The van der Waals surface area contributed by atoms with E-state index in [9.17, 15) is 4.79 Å². The van der Waals surface area contributed by atoms with Gasteiger partial charge in [0, 0.05) is 57.8 Å². The Labute approximate surface area is 150 Å². The molecule has 0 radical (unpaired) electrons. The van der Waals surface area contributed by atoms with E-state index >= 15 is 0 Å². The third kappa shape index (κ3) is 3.59. The molecule has 25 heavy (non-hydrogen) atoms. The maximum Gasteiger partial charge on any atom is 0.229 e. The first kappa shape index (κ1) is 17.0. The van der Waals surface area contributed by atoms with Crippen molar-refractivity contribution < 1.29 is 4.79 Å². The minimum absolute atomic E-state index is 0.204. The molecule has 136 valence electrons. The summed E-state index contributed by atoms with van der Waals surface area (Å²) in [7, 11) is 0. The second kappa shape index (κ2) is 7.44. The van der Waals surface area contributed by atoms with Gasteiger partial charge in [-0.2, -0.15) is 0 Å². The number of amides is 1. The molecule has 0 spiro atoms. The summed E-state index contributed by atoms with van der Waals surface area (Å²) in [5, 5.41) is 10.2. The highest BCUT2D eigenvalue weighted by Gasteiger charge is 2.52. The molecule has 5 heteroatoms. The van der Waals surface area contributed by atoms with Crippen LogP contribution in [0.25, 0.3) is 0 Å². The van der Waals surface area contributed by atoms with Crippen LogP contribution in [0.5, 0.6) is 0 Å². The van der Waals surface area contributed by atoms with Crippen LogP contribution in [0.15, 0.2) is 30.3 Å². The Morgan fingerprint density at radius 3 is 2.48 bits per heavy atom. The van der Waals surface area contributed by atoms with Gasteiger partial charge in [-0.3, -0.25) is 4.79 Å². The van der Waals surface area contributed by atoms with E-state index in [0.717, 1.165) is 65.1 Å². The number of hydrogen-bond donors (Lipinski definition) is 3. The lowest BCUT2D eigenvalue weighted by Crippen LogP contribution is -2.52. The highest BCUT2D eigenvalue weighted by Crippen LogP contribution is 2.35. The number of hydrogen-bond acceptors (Lipinski definition) is 4. The SMILES string of the molecule is O=C(NC1CCN(CCc2ccccc2)CC1)C12CNCC1CNC2. The molecule has 3 heterocycles. The van der Waals surface area contributed by atoms with Crippen molar-refractivity contribution in [1.82, 2.24) is 20.9 Å². The average molecular weight is 342 g/mol. The molecule has 0 aromatic heterocycles. The Hall–Kier alpha value is -1.43. The molecule has 0 bridgehead atoms. The number of likely N-dealkylation sites (tertiary alicyclic amines) is 1. The summed E-state index contributed by atoms with van der Waals surface area (Å²) in [6, 6.07) is 11.0. The normalized spacial score (nSPS) is 30.3. The minimum atomic E-state index is -0.204. The van der Waals surface area contributed by atoms with Gasteiger partial charge in [-0.15, -0.1) is 0 Å². The van der Waals surface area contributed by atoms with Crippen molar-refractivity contribution >= 4 is 5.91 Å². The van der Waals surface area contributed by atoms with Crippen molar-refractivity contribution in [3.8, 4) is 0 Å². The third-order valence-corrected chi connectivity index (χ3v) is 6.38. The first-order chi connectivity index (χ1) is 12.3. The summed E-state index contributed by atoms with van der Waals surface area (Å²) in [4.78, 5) is 15.4. The third-order valence-electron chi connectivity index (χ3n) is 6.38. The largest absolute Gasteiger partial charge is 0.353 e. The van der Waals surface area contributed by atoms with Crippen LogP contribution in [0, 0.1) is 11.3 Å². The van der Waals surface area contributed by atoms with Crippen LogP contribution in [0.3, 0.4) is 0 Å². The van der Waals surface area contributed by atoms with Crippen molar-refractivity contribution in [2.24, 2.45) is 11.3 Å². The lowest BCUT2D eigenvalue weighted by molar-refractivity contribution is -0.131. The highest BCUT2D eigenvalue weighted by molar-refractivity contribution is 5.84. The van der Waals surface area contributed by atoms with Crippen LogP contribution >= 0.6 is 0 Å². The Kier molecular flexibility index (Phi) is 5.06. The standard InChI is InChI=1S/C20H30N4O/c25-19(20-14-21-12-17(20)13-22-15-20)23-18-7-10-24(11-8-18)9-6-16-4-2-1-3-5-16/h1-5,17-18,21-22H,6-15H2,(H,23,25). The van der Waals surface area contributed by atoms with E-state index in [2.05, 4.69) is 51.2 Å². The summed E-state index contributed by atoms with van der Waals surface area (Å²) in [5.41, 5.74) is 1.20. The molecule has 0 unspecified atom stereocenters. The number of piperidine rings is 1. The van der Waals surface area contributed by atoms with Gasteiger partial charge < -0.3 is 20.9 Å². The van der Waals surface area contributed by atoms with Gasteiger partial charge in [0.25, 0.3) is 0 Å². The van der Waals surface area contributed by atoms with E-state index in [1.807, 2.05) is 0 Å². The molecule has 0 aliphatic carbocycles. The van der Waals surface area contributed by atoms with Crippen molar-refractivity contribution in [3.05, 3.63) is 35.9 Å². The van der Waals surface area contributed by atoms with Gasteiger partial charge in [0.2, 0.25) is 5.91 Å². The number of rotatable bonds is 5. The van der Waals surface area contributed by atoms with Gasteiger partial charge >= 0.3 is 0 Å². The topological polar surface area (TPSA) is 56.4 Å². The van der Waals surface area contributed by atoms with Crippen LogP contribution in [-0.4, -0.2) is 62.7 Å². The molecule has 4 rings (SSSR count). The van der Waals surface area contributed by atoms with E-state index in [-0.39, 0.29) is 11.3 Å². The summed E-state index contributed by atoms with van der Waals surface area (Å²) in [6.45, 7) is 6.88. The van der Waals surface area contributed by atoms with E-state index < -0.39 is 0 Å². The zero-order chi connectivity index (χ0) is 17.1. The molecule has 3 aliphatic heterocycles. The van der Waals surface area contributed by atoms with E-state index in [1.165, 1.54) is 5.56 Å². The molecule has 3 N–H and O–H groups in total. The second-order valence-electron chi connectivity index (χ2n) is 7.94. The van der Waals surface area contributed by atoms with Crippen LogP contribution in [0.4, 0.5) is 0 Å². The number of nitrogens with zero attached hydrogens (tertiary/aromatic N) is 1. The van der Waals surface area contributed by atoms with Gasteiger partial charge in [-0.25, -0.2) is 0 Å². The fraction of sp³-hybridized carbons (Fsp3) is 0.650. The summed E-state index contributed by atoms with van der Waals surface area (Å²) >= 11 is 0. The number of carbonyl (C=O) groups excluding carboxylic acids is 1. The molecule has 5 nitrogen and oxygen atoms in total. The van der Waals surface area contributed by atoms with Crippen LogP contribution < -0.4 is 16.0 Å². The van der Waals surface area contributed by atoms with Gasteiger partial charge in [0.15, 0.2) is 0 Å². The van der Waals surface area contributed by atoms with Gasteiger partial charge in [0.1, 0.15) is 0 Å². The monoisotopic (exact) mass is 342 g/mol. The van der Waals surface area contributed by atoms with Crippen molar-refractivity contribution in [3.63, 3.8) is 0 Å². The summed E-state index contributed by atoms with van der Waals surface area (Å²) in [5.74, 6) is 0.730. The highest BCUT2D eigenvalue weighted by atomic mass is 16.2.